The van der Waals surface area contributed by atoms with Crippen LogP contribution in [0.2, 0.25) is 0 Å². The van der Waals surface area contributed by atoms with E-state index >= 15 is 0 Å². The number of hydroxylamine groups is 1. The van der Waals surface area contributed by atoms with Crippen molar-refractivity contribution < 1.29 is 24.2 Å². The third-order valence-corrected chi connectivity index (χ3v) is 2.40. The van der Waals surface area contributed by atoms with Gasteiger partial charge in [0.05, 0.1) is 13.0 Å². The number of carbonyl (C=O) groups is 1. The summed E-state index contributed by atoms with van der Waals surface area (Å²) in [4.78, 5) is 15.1. The third kappa shape index (κ3) is 3.97. The second kappa shape index (κ2) is 6.21. The number of carboxylic acid groups (broad SMARTS) is 1. The smallest absolute Gasteiger partial charge is 0.305 e. The minimum absolute atomic E-state index is 0.0261. The standard InChI is InChI=1S/C11H12N2O5S/c14-10(15)3-4-18-13-11(19)12-7-1-2-8-9(5-7)17-6-16-8/h1-2,5H,3-4,6H2,(H,14,15)(H2,12,13,19). The molecule has 102 valence electrons. The summed E-state index contributed by atoms with van der Waals surface area (Å²) in [6.45, 7) is 0.234. The monoisotopic (exact) mass is 284 g/mol. The highest BCUT2D eigenvalue weighted by Crippen LogP contribution is 2.34. The first-order valence-electron chi connectivity index (χ1n) is 5.45. The molecule has 0 amide bonds. The van der Waals surface area contributed by atoms with E-state index in [2.05, 4.69) is 10.8 Å². The molecular formula is C11H12N2O5S. The Hall–Kier alpha value is -2.06. The molecule has 0 atom stereocenters. The van der Waals surface area contributed by atoms with E-state index in [9.17, 15) is 4.79 Å². The van der Waals surface area contributed by atoms with Crippen molar-refractivity contribution in [2.24, 2.45) is 0 Å². The van der Waals surface area contributed by atoms with E-state index < -0.39 is 5.97 Å². The number of thiocarbonyl (C=S) groups is 1. The molecule has 0 saturated heterocycles. The Morgan fingerprint density at radius 1 is 1.42 bits per heavy atom. The summed E-state index contributed by atoms with van der Waals surface area (Å²) in [7, 11) is 0. The molecule has 2 rings (SSSR count). The number of fused-ring (bicyclic) bond motifs is 1. The number of nitrogens with one attached hydrogen (secondary N) is 2. The average Bonchev–Trinajstić information content (AvgIpc) is 2.82. The highest BCUT2D eigenvalue weighted by atomic mass is 32.1. The SMILES string of the molecule is O=C(O)CCONC(=S)Nc1ccc2c(c1)OCO2. The van der Waals surface area contributed by atoms with Gasteiger partial charge < -0.3 is 19.9 Å². The zero-order valence-electron chi connectivity index (χ0n) is 9.84. The van der Waals surface area contributed by atoms with Crippen molar-refractivity contribution in [2.45, 2.75) is 6.42 Å². The van der Waals surface area contributed by atoms with Gasteiger partial charge in [-0.2, -0.15) is 0 Å². The van der Waals surface area contributed by atoms with Crippen LogP contribution in [0.4, 0.5) is 5.69 Å². The second-order valence-electron chi connectivity index (χ2n) is 3.62. The van der Waals surface area contributed by atoms with Crippen molar-refractivity contribution in [2.75, 3.05) is 18.7 Å². The van der Waals surface area contributed by atoms with E-state index in [0.717, 1.165) is 0 Å². The lowest BCUT2D eigenvalue weighted by atomic mass is 10.3. The van der Waals surface area contributed by atoms with Crippen LogP contribution in [0.25, 0.3) is 0 Å². The third-order valence-electron chi connectivity index (χ3n) is 2.21. The lowest BCUT2D eigenvalue weighted by molar-refractivity contribution is -0.138. The number of anilines is 1. The van der Waals surface area contributed by atoms with Gasteiger partial charge in [-0.3, -0.25) is 9.63 Å². The molecule has 0 aromatic heterocycles. The van der Waals surface area contributed by atoms with Crippen molar-refractivity contribution in [3.8, 4) is 11.5 Å². The number of hydrogen-bond acceptors (Lipinski definition) is 5. The molecule has 1 aliphatic rings. The molecule has 0 fully saturated rings. The van der Waals surface area contributed by atoms with Crippen LogP contribution in [0, 0.1) is 0 Å². The van der Waals surface area contributed by atoms with Crippen LogP contribution in [0.5, 0.6) is 11.5 Å². The maximum atomic E-state index is 10.3. The number of aliphatic carboxylic acids is 1. The Labute approximate surface area is 114 Å². The molecule has 0 radical (unpaired) electrons. The van der Waals surface area contributed by atoms with Gasteiger partial charge in [0, 0.05) is 11.8 Å². The van der Waals surface area contributed by atoms with Crippen LogP contribution < -0.4 is 20.3 Å². The number of hydrogen-bond donors (Lipinski definition) is 3. The number of ether oxygens (including phenoxy) is 2. The number of rotatable bonds is 5. The number of benzene rings is 1. The van der Waals surface area contributed by atoms with Gasteiger partial charge in [0.15, 0.2) is 16.6 Å². The normalized spacial score (nSPS) is 12.0. The van der Waals surface area contributed by atoms with E-state index in [4.69, 9.17) is 31.6 Å². The van der Waals surface area contributed by atoms with Gasteiger partial charge in [-0.25, -0.2) is 5.48 Å². The highest BCUT2D eigenvalue weighted by Gasteiger charge is 2.13. The highest BCUT2D eigenvalue weighted by molar-refractivity contribution is 7.80. The Bertz CT molecular complexity index is 494. The molecule has 0 aliphatic carbocycles. The molecule has 1 aliphatic heterocycles. The molecule has 0 spiro atoms. The molecule has 19 heavy (non-hydrogen) atoms. The molecule has 0 unspecified atom stereocenters. The average molecular weight is 284 g/mol. The van der Waals surface area contributed by atoms with Crippen LogP contribution in [-0.2, 0) is 9.63 Å². The summed E-state index contributed by atoms with van der Waals surface area (Å²) in [5.74, 6) is 0.387. The molecule has 7 nitrogen and oxygen atoms in total. The first-order chi connectivity index (χ1) is 9.15. The maximum Gasteiger partial charge on any atom is 0.305 e. The Morgan fingerprint density at radius 2 is 2.21 bits per heavy atom. The summed E-state index contributed by atoms with van der Waals surface area (Å²) < 4.78 is 10.4. The van der Waals surface area contributed by atoms with Gasteiger partial charge in [0.25, 0.3) is 0 Å². The molecular weight excluding hydrogens is 272 g/mol. The predicted molar refractivity (Wildman–Crippen MR) is 70.1 cm³/mol. The molecule has 1 aromatic carbocycles. The summed E-state index contributed by atoms with van der Waals surface area (Å²) in [5, 5.41) is 11.5. The van der Waals surface area contributed by atoms with Crippen molar-refractivity contribution in [3.63, 3.8) is 0 Å². The topological polar surface area (TPSA) is 89.1 Å². The molecule has 1 aromatic rings. The Morgan fingerprint density at radius 3 is 3.00 bits per heavy atom. The molecule has 1 heterocycles. The van der Waals surface area contributed by atoms with E-state index in [1.54, 1.807) is 18.2 Å². The molecule has 8 heteroatoms. The quantitative estimate of drug-likeness (QED) is 0.421. The van der Waals surface area contributed by atoms with Gasteiger partial charge in [-0.15, -0.1) is 0 Å². The van der Waals surface area contributed by atoms with Crippen molar-refractivity contribution in [3.05, 3.63) is 18.2 Å². The predicted octanol–water partition coefficient (Wildman–Crippen LogP) is 1.11. The van der Waals surface area contributed by atoms with Crippen molar-refractivity contribution in [1.29, 1.82) is 0 Å². The first kappa shape index (κ1) is 13.4. The van der Waals surface area contributed by atoms with Gasteiger partial charge >= 0.3 is 5.97 Å². The van der Waals surface area contributed by atoms with E-state index in [-0.39, 0.29) is 24.9 Å². The van der Waals surface area contributed by atoms with Crippen LogP contribution >= 0.6 is 12.2 Å². The fraction of sp³-hybridized carbons (Fsp3) is 0.273. The van der Waals surface area contributed by atoms with Gasteiger partial charge in [-0.1, -0.05) is 0 Å². The Balaban J connectivity index is 1.77. The maximum absolute atomic E-state index is 10.3. The largest absolute Gasteiger partial charge is 0.481 e. The first-order valence-corrected chi connectivity index (χ1v) is 5.86. The fourth-order valence-electron chi connectivity index (χ4n) is 1.39. The zero-order valence-corrected chi connectivity index (χ0v) is 10.7. The van der Waals surface area contributed by atoms with E-state index in [0.29, 0.717) is 17.2 Å². The summed E-state index contributed by atoms with van der Waals surface area (Å²) >= 11 is 4.98. The summed E-state index contributed by atoms with van der Waals surface area (Å²) in [6.07, 6.45) is -0.0976. The summed E-state index contributed by atoms with van der Waals surface area (Å²) in [6, 6.07) is 5.28. The second-order valence-corrected chi connectivity index (χ2v) is 4.02. The minimum atomic E-state index is -0.934. The van der Waals surface area contributed by atoms with E-state index in [1.165, 1.54) is 0 Å². The number of carboxylic acids is 1. The van der Waals surface area contributed by atoms with Crippen LogP contribution in [0.1, 0.15) is 6.42 Å². The van der Waals surface area contributed by atoms with Crippen LogP contribution in [0.15, 0.2) is 18.2 Å². The fourth-order valence-corrected chi connectivity index (χ4v) is 1.56. The van der Waals surface area contributed by atoms with Crippen LogP contribution in [0.3, 0.4) is 0 Å². The lowest BCUT2D eigenvalue weighted by Gasteiger charge is -2.10. The van der Waals surface area contributed by atoms with E-state index in [1.807, 2.05) is 0 Å². The minimum Gasteiger partial charge on any atom is -0.481 e. The molecule has 0 bridgehead atoms. The summed E-state index contributed by atoms with van der Waals surface area (Å²) in [5.41, 5.74) is 3.15. The molecule has 3 N–H and O–H groups in total. The zero-order chi connectivity index (χ0) is 13.7. The van der Waals surface area contributed by atoms with Gasteiger partial charge in [-0.05, 0) is 24.4 Å². The Kier molecular flexibility index (Phi) is 4.37. The molecule has 0 saturated carbocycles. The lowest BCUT2D eigenvalue weighted by Crippen LogP contribution is -2.29. The van der Waals surface area contributed by atoms with Crippen molar-refractivity contribution >= 4 is 29.0 Å². The van der Waals surface area contributed by atoms with Gasteiger partial charge in [0.1, 0.15) is 0 Å². The van der Waals surface area contributed by atoms with Gasteiger partial charge in [0.2, 0.25) is 6.79 Å². The van der Waals surface area contributed by atoms with Crippen molar-refractivity contribution in [1.82, 2.24) is 5.48 Å². The van der Waals surface area contributed by atoms with Crippen LogP contribution in [-0.4, -0.2) is 29.6 Å².